The van der Waals surface area contributed by atoms with Crippen molar-refractivity contribution in [3.8, 4) is 0 Å². The van der Waals surface area contributed by atoms with Gasteiger partial charge in [0.2, 0.25) is 0 Å². The van der Waals surface area contributed by atoms with Gasteiger partial charge in [0.05, 0.1) is 11.0 Å². The Morgan fingerprint density at radius 1 is 1.27 bits per heavy atom. The summed E-state index contributed by atoms with van der Waals surface area (Å²) in [5.41, 5.74) is 1.96. The number of rotatable bonds is 6. The second-order valence-electron chi connectivity index (χ2n) is 5.10. The third kappa shape index (κ3) is 3.78. The summed E-state index contributed by atoms with van der Waals surface area (Å²) in [6.45, 7) is 5.94. The number of nitrogens with zero attached hydrogens (tertiary/aromatic N) is 3. The molecule has 6 nitrogen and oxygen atoms in total. The zero-order chi connectivity index (χ0) is 16.1. The van der Waals surface area contributed by atoms with Crippen molar-refractivity contribution in [2.75, 3.05) is 5.32 Å². The first-order chi connectivity index (χ1) is 10.5. The average molecular weight is 300 g/mol. The van der Waals surface area contributed by atoms with E-state index in [9.17, 15) is 10.1 Å². The summed E-state index contributed by atoms with van der Waals surface area (Å²) in [4.78, 5) is 19.3. The van der Waals surface area contributed by atoms with Crippen molar-refractivity contribution in [1.82, 2.24) is 9.97 Å². The summed E-state index contributed by atoms with van der Waals surface area (Å²) >= 11 is 0. The molecular formula is C16H20N4O2. The van der Waals surface area contributed by atoms with Crippen molar-refractivity contribution in [1.29, 1.82) is 0 Å². The summed E-state index contributed by atoms with van der Waals surface area (Å²) in [5, 5.41) is 14.3. The van der Waals surface area contributed by atoms with Gasteiger partial charge in [-0.15, -0.1) is 0 Å². The molecule has 0 saturated heterocycles. The molecule has 1 heterocycles. The Morgan fingerprint density at radius 2 is 2.05 bits per heavy atom. The van der Waals surface area contributed by atoms with Crippen molar-refractivity contribution < 1.29 is 4.92 Å². The molecule has 116 valence electrons. The minimum absolute atomic E-state index is 0.0288. The molecule has 0 saturated carbocycles. The van der Waals surface area contributed by atoms with Crippen LogP contribution in [0.4, 0.5) is 11.5 Å². The SMILES string of the molecule is CCc1cc(NC(CC)c2cccc([N+](=O)[O-])c2)nc(C)n1. The van der Waals surface area contributed by atoms with Crippen molar-refractivity contribution in [3.05, 3.63) is 57.5 Å². The Morgan fingerprint density at radius 3 is 2.68 bits per heavy atom. The first-order valence-electron chi connectivity index (χ1n) is 7.39. The number of nitro groups is 1. The lowest BCUT2D eigenvalue weighted by molar-refractivity contribution is -0.384. The molecule has 0 fully saturated rings. The van der Waals surface area contributed by atoms with Crippen LogP contribution in [0.15, 0.2) is 30.3 Å². The van der Waals surface area contributed by atoms with E-state index < -0.39 is 0 Å². The Hall–Kier alpha value is -2.50. The molecular weight excluding hydrogens is 280 g/mol. The van der Waals surface area contributed by atoms with E-state index in [-0.39, 0.29) is 16.7 Å². The standard InChI is InChI=1S/C16H20N4O2/c1-4-13-10-16(18-11(3)17-13)19-15(5-2)12-7-6-8-14(9-12)20(21)22/h6-10,15H,4-5H2,1-3H3,(H,17,18,19). The molecule has 0 spiro atoms. The van der Waals surface area contributed by atoms with Crippen LogP contribution >= 0.6 is 0 Å². The van der Waals surface area contributed by atoms with Crippen molar-refractivity contribution in [2.24, 2.45) is 0 Å². The quantitative estimate of drug-likeness (QED) is 0.648. The number of benzene rings is 1. The van der Waals surface area contributed by atoms with E-state index in [2.05, 4.69) is 15.3 Å². The highest BCUT2D eigenvalue weighted by Gasteiger charge is 2.14. The lowest BCUT2D eigenvalue weighted by Gasteiger charge is -2.18. The summed E-state index contributed by atoms with van der Waals surface area (Å²) in [5.74, 6) is 1.47. The van der Waals surface area contributed by atoms with Crippen LogP contribution in [-0.4, -0.2) is 14.9 Å². The zero-order valence-corrected chi connectivity index (χ0v) is 13.0. The lowest BCUT2D eigenvalue weighted by atomic mass is 10.0. The monoisotopic (exact) mass is 300 g/mol. The second kappa shape index (κ2) is 6.98. The van der Waals surface area contributed by atoms with E-state index in [1.807, 2.05) is 32.9 Å². The molecule has 1 atom stereocenters. The second-order valence-corrected chi connectivity index (χ2v) is 5.10. The van der Waals surface area contributed by atoms with Crippen LogP contribution in [0.3, 0.4) is 0 Å². The van der Waals surface area contributed by atoms with Gasteiger partial charge in [-0.05, 0) is 25.3 Å². The van der Waals surface area contributed by atoms with Gasteiger partial charge in [0.15, 0.2) is 0 Å². The number of anilines is 1. The largest absolute Gasteiger partial charge is 0.363 e. The molecule has 0 bridgehead atoms. The maximum Gasteiger partial charge on any atom is 0.269 e. The van der Waals surface area contributed by atoms with E-state index in [1.54, 1.807) is 12.1 Å². The van der Waals surface area contributed by atoms with Gasteiger partial charge in [0.1, 0.15) is 11.6 Å². The van der Waals surface area contributed by atoms with Crippen LogP contribution in [0.1, 0.15) is 43.4 Å². The minimum atomic E-state index is -0.375. The smallest absolute Gasteiger partial charge is 0.269 e. The van der Waals surface area contributed by atoms with E-state index in [1.165, 1.54) is 6.07 Å². The first kappa shape index (κ1) is 15.9. The Balaban J connectivity index is 2.27. The first-order valence-corrected chi connectivity index (χ1v) is 7.39. The van der Waals surface area contributed by atoms with Crippen molar-refractivity contribution in [3.63, 3.8) is 0 Å². The van der Waals surface area contributed by atoms with Crippen LogP contribution < -0.4 is 5.32 Å². The Labute approximate surface area is 129 Å². The van der Waals surface area contributed by atoms with Crippen LogP contribution in [0.25, 0.3) is 0 Å². The highest BCUT2D eigenvalue weighted by Crippen LogP contribution is 2.25. The van der Waals surface area contributed by atoms with E-state index >= 15 is 0 Å². The van der Waals surface area contributed by atoms with Gasteiger partial charge >= 0.3 is 0 Å². The third-order valence-corrected chi connectivity index (χ3v) is 3.47. The Bertz CT molecular complexity index is 673. The predicted octanol–water partition coefficient (Wildman–Crippen LogP) is 3.82. The molecule has 0 aliphatic carbocycles. The number of nitrogens with one attached hydrogen (secondary N) is 1. The predicted molar refractivity (Wildman–Crippen MR) is 85.9 cm³/mol. The molecule has 2 aromatic rings. The minimum Gasteiger partial charge on any atom is -0.363 e. The van der Waals surface area contributed by atoms with Gasteiger partial charge in [-0.3, -0.25) is 10.1 Å². The maximum atomic E-state index is 10.9. The topological polar surface area (TPSA) is 81.0 Å². The molecule has 2 rings (SSSR count). The summed E-state index contributed by atoms with van der Waals surface area (Å²) < 4.78 is 0. The number of hydrogen-bond acceptors (Lipinski definition) is 5. The maximum absolute atomic E-state index is 10.9. The summed E-state index contributed by atoms with van der Waals surface area (Å²) in [6.07, 6.45) is 1.64. The molecule has 1 aromatic carbocycles. The van der Waals surface area contributed by atoms with E-state index in [0.717, 1.165) is 35.7 Å². The summed E-state index contributed by atoms with van der Waals surface area (Å²) in [7, 11) is 0. The number of non-ortho nitro benzene ring substituents is 1. The number of aryl methyl sites for hydroxylation is 2. The van der Waals surface area contributed by atoms with Gasteiger partial charge < -0.3 is 5.32 Å². The van der Waals surface area contributed by atoms with Crippen LogP contribution in [0.5, 0.6) is 0 Å². The van der Waals surface area contributed by atoms with Crippen molar-refractivity contribution in [2.45, 2.75) is 39.7 Å². The van der Waals surface area contributed by atoms with Gasteiger partial charge in [0, 0.05) is 23.9 Å². The highest BCUT2D eigenvalue weighted by molar-refractivity contribution is 5.42. The van der Waals surface area contributed by atoms with Crippen molar-refractivity contribution >= 4 is 11.5 Å². The van der Waals surface area contributed by atoms with E-state index in [4.69, 9.17) is 0 Å². The fraction of sp³-hybridized carbons (Fsp3) is 0.375. The fourth-order valence-electron chi connectivity index (χ4n) is 2.34. The van der Waals surface area contributed by atoms with Gasteiger partial charge in [-0.2, -0.15) is 0 Å². The molecule has 22 heavy (non-hydrogen) atoms. The lowest BCUT2D eigenvalue weighted by Crippen LogP contribution is -2.12. The average Bonchev–Trinajstić information content (AvgIpc) is 2.52. The normalized spacial score (nSPS) is 12.0. The molecule has 0 aliphatic heterocycles. The molecule has 0 amide bonds. The van der Waals surface area contributed by atoms with E-state index in [0.29, 0.717) is 0 Å². The van der Waals surface area contributed by atoms with Gasteiger partial charge in [-0.1, -0.05) is 26.0 Å². The Kier molecular flexibility index (Phi) is 5.04. The molecule has 1 unspecified atom stereocenters. The van der Waals surface area contributed by atoms with Crippen LogP contribution in [0, 0.1) is 17.0 Å². The van der Waals surface area contributed by atoms with Gasteiger partial charge in [0.25, 0.3) is 5.69 Å². The zero-order valence-electron chi connectivity index (χ0n) is 13.0. The van der Waals surface area contributed by atoms with Gasteiger partial charge in [-0.25, -0.2) is 9.97 Å². The molecule has 0 aliphatic rings. The molecule has 6 heteroatoms. The number of hydrogen-bond donors (Lipinski definition) is 1. The van der Waals surface area contributed by atoms with Crippen LogP contribution in [0.2, 0.25) is 0 Å². The fourth-order valence-corrected chi connectivity index (χ4v) is 2.34. The van der Waals surface area contributed by atoms with Crippen LogP contribution in [-0.2, 0) is 6.42 Å². The third-order valence-electron chi connectivity index (χ3n) is 3.47. The molecule has 1 aromatic heterocycles. The molecule has 0 radical (unpaired) electrons. The number of nitro benzene ring substituents is 1. The summed E-state index contributed by atoms with van der Waals surface area (Å²) in [6, 6.07) is 8.60. The molecule has 1 N–H and O–H groups in total. The highest BCUT2D eigenvalue weighted by atomic mass is 16.6. The number of aromatic nitrogens is 2.